The van der Waals surface area contributed by atoms with Crippen molar-refractivity contribution in [1.82, 2.24) is 14.8 Å². The van der Waals surface area contributed by atoms with Crippen molar-refractivity contribution in [2.75, 3.05) is 19.6 Å². The van der Waals surface area contributed by atoms with Gasteiger partial charge in [0.15, 0.2) is 0 Å². The lowest BCUT2D eigenvalue weighted by atomic mass is 10.1. The summed E-state index contributed by atoms with van der Waals surface area (Å²) in [5, 5.41) is 2.62. The van der Waals surface area contributed by atoms with Gasteiger partial charge in [0.25, 0.3) is 5.91 Å². The van der Waals surface area contributed by atoms with Crippen molar-refractivity contribution in [3.05, 3.63) is 52.0 Å². The maximum atomic E-state index is 12.6. The molecule has 0 radical (unpaired) electrons. The van der Waals surface area contributed by atoms with Gasteiger partial charge in [-0.05, 0) is 12.5 Å². The minimum Gasteiger partial charge on any atom is -0.332 e. The summed E-state index contributed by atoms with van der Waals surface area (Å²) in [5.74, 6) is 0.0211. The Morgan fingerprint density at radius 3 is 2.78 bits per heavy atom. The molecule has 1 amide bonds. The SMILES string of the molecule is C[C@H]1CN(Cc2ccccc2)CCN1C(=O)c1csc(CN)n1. The van der Waals surface area contributed by atoms with Crippen LogP contribution in [0, 0.1) is 0 Å². The Kier molecular flexibility index (Phi) is 5.05. The van der Waals surface area contributed by atoms with E-state index in [-0.39, 0.29) is 11.9 Å². The Hall–Kier alpha value is -1.76. The number of hydrogen-bond acceptors (Lipinski definition) is 5. The number of piperazine rings is 1. The number of hydrogen-bond donors (Lipinski definition) is 1. The first-order chi connectivity index (χ1) is 11.2. The maximum absolute atomic E-state index is 12.6. The van der Waals surface area contributed by atoms with E-state index in [1.165, 1.54) is 16.9 Å². The molecular weight excluding hydrogens is 308 g/mol. The van der Waals surface area contributed by atoms with Crippen LogP contribution in [0.1, 0.15) is 28.0 Å². The maximum Gasteiger partial charge on any atom is 0.273 e. The van der Waals surface area contributed by atoms with Crippen LogP contribution in [0.3, 0.4) is 0 Å². The van der Waals surface area contributed by atoms with E-state index < -0.39 is 0 Å². The largest absolute Gasteiger partial charge is 0.332 e. The van der Waals surface area contributed by atoms with Gasteiger partial charge in [0.1, 0.15) is 10.7 Å². The lowest BCUT2D eigenvalue weighted by Crippen LogP contribution is -2.53. The molecule has 1 atom stereocenters. The Morgan fingerprint density at radius 2 is 2.13 bits per heavy atom. The number of carbonyl (C=O) groups is 1. The van der Waals surface area contributed by atoms with E-state index in [1.807, 2.05) is 16.3 Å². The summed E-state index contributed by atoms with van der Waals surface area (Å²) in [5.41, 5.74) is 7.42. The third-order valence-corrected chi connectivity index (χ3v) is 5.04. The van der Waals surface area contributed by atoms with Crippen LogP contribution in [0.15, 0.2) is 35.7 Å². The van der Waals surface area contributed by atoms with Crippen molar-refractivity contribution >= 4 is 17.2 Å². The van der Waals surface area contributed by atoms with E-state index in [2.05, 4.69) is 41.1 Å². The molecule has 23 heavy (non-hydrogen) atoms. The minimum absolute atomic E-state index is 0.0211. The second-order valence-electron chi connectivity index (χ2n) is 5.90. The lowest BCUT2D eigenvalue weighted by molar-refractivity contribution is 0.0470. The Labute approximate surface area is 140 Å². The monoisotopic (exact) mass is 330 g/mol. The van der Waals surface area contributed by atoms with Crippen molar-refractivity contribution in [2.24, 2.45) is 5.73 Å². The zero-order valence-electron chi connectivity index (χ0n) is 13.3. The van der Waals surface area contributed by atoms with Crippen molar-refractivity contribution in [2.45, 2.75) is 26.1 Å². The highest BCUT2D eigenvalue weighted by Gasteiger charge is 2.29. The van der Waals surface area contributed by atoms with Crippen LogP contribution in [0.5, 0.6) is 0 Å². The lowest BCUT2D eigenvalue weighted by Gasteiger charge is -2.39. The van der Waals surface area contributed by atoms with Gasteiger partial charge in [-0.25, -0.2) is 4.98 Å². The molecule has 1 fully saturated rings. The fourth-order valence-corrected chi connectivity index (χ4v) is 3.62. The van der Waals surface area contributed by atoms with Crippen LogP contribution in [-0.2, 0) is 13.1 Å². The number of thiazole rings is 1. The second-order valence-corrected chi connectivity index (χ2v) is 6.84. The van der Waals surface area contributed by atoms with Crippen LogP contribution in [0.2, 0.25) is 0 Å². The van der Waals surface area contributed by atoms with Crippen LogP contribution in [-0.4, -0.2) is 46.4 Å². The molecule has 3 rings (SSSR count). The molecule has 2 N–H and O–H groups in total. The Bertz CT molecular complexity index is 658. The number of nitrogens with zero attached hydrogens (tertiary/aromatic N) is 3. The average molecular weight is 330 g/mol. The van der Waals surface area contributed by atoms with Gasteiger partial charge in [0, 0.05) is 44.1 Å². The first kappa shape index (κ1) is 16.1. The molecule has 2 heterocycles. The standard InChI is InChI=1S/C17H22N4OS/c1-13-10-20(11-14-5-3-2-4-6-14)7-8-21(13)17(22)15-12-23-16(9-18)19-15/h2-6,12-13H,7-11,18H2,1H3/t13-/m0/s1. The number of nitrogens with two attached hydrogens (primary N) is 1. The quantitative estimate of drug-likeness (QED) is 0.931. The normalized spacial score (nSPS) is 19.0. The molecule has 1 aliphatic heterocycles. The van der Waals surface area contributed by atoms with Crippen molar-refractivity contribution in [1.29, 1.82) is 0 Å². The molecule has 0 spiro atoms. The van der Waals surface area contributed by atoms with Gasteiger partial charge in [-0.15, -0.1) is 11.3 Å². The van der Waals surface area contributed by atoms with Crippen LogP contribution in [0.25, 0.3) is 0 Å². The zero-order valence-corrected chi connectivity index (χ0v) is 14.1. The third-order valence-electron chi connectivity index (χ3n) is 4.17. The fraction of sp³-hybridized carbons (Fsp3) is 0.412. The highest BCUT2D eigenvalue weighted by Crippen LogP contribution is 2.17. The van der Waals surface area contributed by atoms with Gasteiger partial charge in [-0.3, -0.25) is 9.69 Å². The predicted molar refractivity (Wildman–Crippen MR) is 92.2 cm³/mol. The molecule has 0 saturated carbocycles. The summed E-state index contributed by atoms with van der Waals surface area (Å²) in [4.78, 5) is 21.3. The molecule has 1 aromatic heterocycles. The zero-order chi connectivity index (χ0) is 16.2. The molecule has 0 bridgehead atoms. The van der Waals surface area contributed by atoms with Gasteiger partial charge in [0.05, 0.1) is 0 Å². The van der Waals surface area contributed by atoms with Crippen molar-refractivity contribution in [3.8, 4) is 0 Å². The van der Waals surface area contributed by atoms with Gasteiger partial charge < -0.3 is 10.6 Å². The first-order valence-corrected chi connectivity index (χ1v) is 8.77. The molecule has 1 aromatic carbocycles. The summed E-state index contributed by atoms with van der Waals surface area (Å²) in [6, 6.07) is 10.6. The number of rotatable bonds is 4. The summed E-state index contributed by atoms with van der Waals surface area (Å²) in [6.07, 6.45) is 0. The number of aromatic nitrogens is 1. The summed E-state index contributed by atoms with van der Waals surface area (Å²) < 4.78 is 0. The summed E-state index contributed by atoms with van der Waals surface area (Å²) in [7, 11) is 0. The number of benzene rings is 1. The average Bonchev–Trinajstić information content (AvgIpc) is 3.04. The molecule has 6 heteroatoms. The van der Waals surface area contributed by atoms with Crippen molar-refractivity contribution in [3.63, 3.8) is 0 Å². The smallest absolute Gasteiger partial charge is 0.273 e. The Balaban J connectivity index is 1.61. The predicted octanol–water partition coefficient (Wildman–Crippen LogP) is 1.95. The van der Waals surface area contributed by atoms with Gasteiger partial charge in [-0.1, -0.05) is 30.3 Å². The van der Waals surface area contributed by atoms with E-state index in [0.29, 0.717) is 12.2 Å². The van der Waals surface area contributed by atoms with Gasteiger partial charge in [-0.2, -0.15) is 0 Å². The fourth-order valence-electron chi connectivity index (χ4n) is 2.97. The summed E-state index contributed by atoms with van der Waals surface area (Å²) in [6.45, 7) is 5.93. The first-order valence-electron chi connectivity index (χ1n) is 7.89. The van der Waals surface area contributed by atoms with Crippen molar-refractivity contribution < 1.29 is 4.79 Å². The van der Waals surface area contributed by atoms with Crippen LogP contribution < -0.4 is 5.73 Å². The van der Waals surface area contributed by atoms with Crippen LogP contribution >= 0.6 is 11.3 Å². The molecule has 2 aromatic rings. The van der Waals surface area contributed by atoms with E-state index in [4.69, 9.17) is 5.73 Å². The van der Waals surface area contributed by atoms with E-state index in [9.17, 15) is 4.79 Å². The third kappa shape index (κ3) is 3.77. The van der Waals surface area contributed by atoms with E-state index in [1.54, 1.807) is 0 Å². The molecule has 0 unspecified atom stereocenters. The van der Waals surface area contributed by atoms with Gasteiger partial charge in [0.2, 0.25) is 0 Å². The second kappa shape index (κ2) is 7.21. The highest BCUT2D eigenvalue weighted by molar-refractivity contribution is 7.09. The molecule has 0 aliphatic carbocycles. The molecule has 1 aliphatic rings. The molecule has 1 saturated heterocycles. The summed E-state index contributed by atoms with van der Waals surface area (Å²) >= 11 is 1.45. The molecule has 122 valence electrons. The van der Waals surface area contributed by atoms with Crippen LogP contribution in [0.4, 0.5) is 0 Å². The van der Waals surface area contributed by atoms with E-state index in [0.717, 1.165) is 31.2 Å². The van der Waals surface area contributed by atoms with E-state index >= 15 is 0 Å². The Morgan fingerprint density at radius 1 is 1.35 bits per heavy atom. The number of carbonyl (C=O) groups excluding carboxylic acids is 1. The number of amides is 1. The topological polar surface area (TPSA) is 62.5 Å². The highest BCUT2D eigenvalue weighted by atomic mass is 32.1. The molecule has 5 nitrogen and oxygen atoms in total. The van der Waals surface area contributed by atoms with Gasteiger partial charge >= 0.3 is 0 Å². The minimum atomic E-state index is 0.0211. The molecular formula is C17H22N4OS.